The highest BCUT2D eigenvalue weighted by atomic mass is 16.1. The average Bonchev–Trinajstić information content (AvgIpc) is 2.39. The molecule has 2 aromatic rings. The minimum absolute atomic E-state index is 0.650. The van der Waals surface area contributed by atoms with Crippen molar-refractivity contribution in [2.75, 3.05) is 24.1 Å². The molecule has 0 saturated carbocycles. The van der Waals surface area contributed by atoms with Gasteiger partial charge in [0.15, 0.2) is 0 Å². The second kappa shape index (κ2) is 5.86. The van der Waals surface area contributed by atoms with Gasteiger partial charge in [0.05, 0.1) is 0 Å². The van der Waals surface area contributed by atoms with Crippen LogP contribution in [0.2, 0.25) is 0 Å². The van der Waals surface area contributed by atoms with Crippen molar-refractivity contribution in [1.82, 2.24) is 10.3 Å². The van der Waals surface area contributed by atoms with Crippen LogP contribution in [0, 0.1) is 0 Å². The predicted octanol–water partition coefficient (Wildman–Crippen LogP) is 1.36. The molecule has 0 aliphatic carbocycles. The highest BCUT2D eigenvalue weighted by molar-refractivity contribution is 6.00. The lowest BCUT2D eigenvalue weighted by molar-refractivity contribution is -0.109. The Morgan fingerprint density at radius 2 is 2.17 bits per heavy atom. The summed E-state index contributed by atoms with van der Waals surface area (Å²) in [6.45, 7) is 1.39. The third-order valence-corrected chi connectivity index (χ3v) is 2.70. The average molecular weight is 244 g/mol. The number of anilines is 2. The first-order valence-corrected chi connectivity index (χ1v) is 5.87. The van der Waals surface area contributed by atoms with Crippen LogP contribution in [-0.2, 0) is 4.79 Å². The van der Waals surface area contributed by atoms with Crippen LogP contribution in [0.5, 0.6) is 0 Å². The lowest BCUT2D eigenvalue weighted by Gasteiger charge is -2.10. The summed E-state index contributed by atoms with van der Waals surface area (Å²) >= 11 is 0. The van der Waals surface area contributed by atoms with Crippen LogP contribution < -0.4 is 16.4 Å². The number of nitrogen functional groups attached to an aromatic ring is 1. The van der Waals surface area contributed by atoms with Crippen LogP contribution in [0.15, 0.2) is 30.5 Å². The van der Waals surface area contributed by atoms with E-state index in [0.717, 1.165) is 29.6 Å². The van der Waals surface area contributed by atoms with Gasteiger partial charge in [-0.1, -0.05) is 12.1 Å². The fraction of sp³-hybridized carbons (Fsp3) is 0.231. The SMILES string of the molecule is Nc1cccc2ccnc(NCCCNC=O)c12. The number of nitrogens with one attached hydrogen (secondary N) is 2. The Balaban J connectivity index is 2.10. The number of carbonyl (C=O) groups is 1. The van der Waals surface area contributed by atoms with E-state index < -0.39 is 0 Å². The number of nitrogens with zero attached hydrogens (tertiary/aromatic N) is 1. The van der Waals surface area contributed by atoms with E-state index in [1.807, 2.05) is 24.3 Å². The Morgan fingerprint density at radius 1 is 1.28 bits per heavy atom. The molecule has 0 fully saturated rings. The Labute approximate surface area is 105 Å². The second-order valence-corrected chi connectivity index (χ2v) is 3.96. The van der Waals surface area contributed by atoms with Crippen LogP contribution in [-0.4, -0.2) is 24.5 Å². The molecule has 1 amide bonds. The molecule has 0 bridgehead atoms. The normalized spacial score (nSPS) is 10.2. The molecule has 0 aliphatic rings. The van der Waals surface area contributed by atoms with Crippen molar-refractivity contribution >= 4 is 28.7 Å². The number of hydrogen-bond donors (Lipinski definition) is 3. The maximum atomic E-state index is 10.1. The monoisotopic (exact) mass is 244 g/mol. The van der Waals surface area contributed by atoms with Crippen molar-refractivity contribution in [2.45, 2.75) is 6.42 Å². The molecule has 1 heterocycles. The molecule has 0 spiro atoms. The van der Waals surface area contributed by atoms with Crippen LogP contribution >= 0.6 is 0 Å². The summed E-state index contributed by atoms with van der Waals surface area (Å²) in [6, 6.07) is 7.73. The van der Waals surface area contributed by atoms with E-state index in [1.165, 1.54) is 0 Å². The maximum absolute atomic E-state index is 10.1. The first-order valence-electron chi connectivity index (χ1n) is 5.87. The fourth-order valence-electron chi connectivity index (χ4n) is 1.85. The van der Waals surface area contributed by atoms with E-state index in [-0.39, 0.29) is 0 Å². The van der Waals surface area contributed by atoms with Gasteiger partial charge >= 0.3 is 0 Å². The number of benzene rings is 1. The standard InChI is InChI=1S/C13H16N4O/c14-11-4-1-3-10-5-8-17-13(12(10)11)16-7-2-6-15-9-18/h1,3-5,8-9H,2,6-7,14H2,(H,15,18)(H,16,17). The Morgan fingerprint density at radius 3 is 3.00 bits per heavy atom. The van der Waals surface area contributed by atoms with E-state index in [4.69, 9.17) is 5.73 Å². The molecular formula is C13H16N4O. The lowest BCUT2D eigenvalue weighted by atomic mass is 10.1. The molecule has 0 unspecified atom stereocenters. The van der Waals surface area contributed by atoms with E-state index in [2.05, 4.69) is 15.6 Å². The highest BCUT2D eigenvalue weighted by Gasteiger charge is 2.04. The first kappa shape index (κ1) is 12.2. The summed E-state index contributed by atoms with van der Waals surface area (Å²) in [6.07, 6.45) is 3.30. The number of hydrogen-bond acceptors (Lipinski definition) is 4. The molecule has 0 saturated heterocycles. The van der Waals surface area contributed by atoms with Gasteiger partial charge in [-0.25, -0.2) is 4.98 Å². The Bertz CT molecular complexity index is 536. The largest absolute Gasteiger partial charge is 0.398 e. The van der Waals surface area contributed by atoms with Gasteiger partial charge in [0.2, 0.25) is 6.41 Å². The second-order valence-electron chi connectivity index (χ2n) is 3.96. The first-order chi connectivity index (χ1) is 8.83. The van der Waals surface area contributed by atoms with Gasteiger partial charge in [-0.05, 0) is 23.9 Å². The molecule has 1 aromatic heterocycles. The zero-order chi connectivity index (χ0) is 12.8. The Kier molecular flexibility index (Phi) is 3.96. The van der Waals surface area contributed by atoms with Gasteiger partial charge in [-0.2, -0.15) is 0 Å². The van der Waals surface area contributed by atoms with Crippen molar-refractivity contribution in [3.8, 4) is 0 Å². The Hall–Kier alpha value is -2.30. The molecule has 2 rings (SSSR count). The van der Waals surface area contributed by atoms with Crippen molar-refractivity contribution in [1.29, 1.82) is 0 Å². The summed E-state index contributed by atoms with van der Waals surface area (Å²) in [4.78, 5) is 14.4. The minimum Gasteiger partial charge on any atom is -0.398 e. The summed E-state index contributed by atoms with van der Waals surface area (Å²) in [5.74, 6) is 0.789. The zero-order valence-corrected chi connectivity index (χ0v) is 10.0. The third kappa shape index (κ3) is 2.68. The molecule has 0 radical (unpaired) electrons. The van der Waals surface area contributed by atoms with Crippen LogP contribution in [0.4, 0.5) is 11.5 Å². The molecule has 0 atom stereocenters. The number of pyridine rings is 1. The van der Waals surface area contributed by atoms with Crippen molar-refractivity contribution < 1.29 is 4.79 Å². The topological polar surface area (TPSA) is 80.0 Å². The summed E-state index contributed by atoms with van der Waals surface area (Å²) in [5.41, 5.74) is 6.69. The molecule has 5 nitrogen and oxygen atoms in total. The lowest BCUT2D eigenvalue weighted by Crippen LogP contribution is -2.16. The van der Waals surface area contributed by atoms with E-state index >= 15 is 0 Å². The number of carbonyl (C=O) groups excluding carboxylic acids is 1. The summed E-state index contributed by atoms with van der Waals surface area (Å²) in [5, 5.41) is 7.87. The molecule has 5 heteroatoms. The minimum atomic E-state index is 0.650. The van der Waals surface area contributed by atoms with Crippen molar-refractivity contribution in [3.63, 3.8) is 0 Å². The molecular weight excluding hydrogens is 228 g/mol. The van der Waals surface area contributed by atoms with E-state index in [0.29, 0.717) is 18.6 Å². The van der Waals surface area contributed by atoms with Gasteiger partial charge in [0.1, 0.15) is 5.82 Å². The summed E-state index contributed by atoms with van der Waals surface area (Å²) < 4.78 is 0. The van der Waals surface area contributed by atoms with Crippen LogP contribution in [0.1, 0.15) is 6.42 Å². The third-order valence-electron chi connectivity index (χ3n) is 2.70. The van der Waals surface area contributed by atoms with Crippen LogP contribution in [0.3, 0.4) is 0 Å². The zero-order valence-electron chi connectivity index (χ0n) is 10.0. The molecule has 4 N–H and O–H groups in total. The van der Waals surface area contributed by atoms with Gasteiger partial charge < -0.3 is 16.4 Å². The summed E-state index contributed by atoms with van der Waals surface area (Å²) in [7, 11) is 0. The van der Waals surface area contributed by atoms with Gasteiger partial charge in [0.25, 0.3) is 0 Å². The predicted molar refractivity (Wildman–Crippen MR) is 73.3 cm³/mol. The number of amides is 1. The molecule has 0 aliphatic heterocycles. The number of rotatable bonds is 6. The maximum Gasteiger partial charge on any atom is 0.207 e. The highest BCUT2D eigenvalue weighted by Crippen LogP contribution is 2.26. The van der Waals surface area contributed by atoms with Crippen LogP contribution in [0.25, 0.3) is 10.8 Å². The van der Waals surface area contributed by atoms with Gasteiger partial charge in [0, 0.05) is 30.4 Å². The van der Waals surface area contributed by atoms with Crippen molar-refractivity contribution in [3.05, 3.63) is 30.5 Å². The number of nitrogens with two attached hydrogens (primary N) is 1. The molecule has 94 valence electrons. The van der Waals surface area contributed by atoms with Gasteiger partial charge in [-0.3, -0.25) is 4.79 Å². The quantitative estimate of drug-likeness (QED) is 0.407. The number of aromatic nitrogens is 1. The number of fused-ring (bicyclic) bond motifs is 1. The molecule has 1 aromatic carbocycles. The fourth-order valence-corrected chi connectivity index (χ4v) is 1.85. The van der Waals surface area contributed by atoms with Gasteiger partial charge in [-0.15, -0.1) is 0 Å². The van der Waals surface area contributed by atoms with Crippen molar-refractivity contribution in [2.24, 2.45) is 0 Å². The van der Waals surface area contributed by atoms with E-state index in [1.54, 1.807) is 6.20 Å². The van der Waals surface area contributed by atoms with E-state index in [9.17, 15) is 4.79 Å². The smallest absolute Gasteiger partial charge is 0.207 e. The molecule has 18 heavy (non-hydrogen) atoms.